The van der Waals surface area contributed by atoms with Gasteiger partial charge in [-0.25, -0.2) is 0 Å². The third kappa shape index (κ3) is 2.07. The van der Waals surface area contributed by atoms with Gasteiger partial charge < -0.3 is 20.5 Å². The van der Waals surface area contributed by atoms with Crippen LogP contribution in [0.2, 0.25) is 0 Å². The average Bonchev–Trinajstić information content (AvgIpc) is 3.28. The number of benzene rings is 2. The first-order valence-corrected chi connectivity index (χ1v) is 8.83. The molecule has 1 amide bonds. The molecule has 4 N–H and O–H groups in total. The van der Waals surface area contributed by atoms with E-state index in [1.165, 1.54) is 0 Å². The quantitative estimate of drug-likeness (QED) is 0.622. The maximum absolute atomic E-state index is 13.4. The second-order valence-electron chi connectivity index (χ2n) is 6.71. The van der Waals surface area contributed by atoms with Crippen molar-refractivity contribution >= 4 is 11.6 Å². The number of ether oxygens (including phenoxy) is 2. The molecule has 1 spiro atoms. The van der Waals surface area contributed by atoms with Crippen molar-refractivity contribution < 1.29 is 14.3 Å². The fourth-order valence-corrected chi connectivity index (χ4v) is 4.07. The summed E-state index contributed by atoms with van der Waals surface area (Å²) in [6.45, 7) is 0. The summed E-state index contributed by atoms with van der Waals surface area (Å²) in [5, 5.41) is 20.0. The number of anilines is 1. The molecule has 0 unspecified atom stereocenters. The number of nitriles is 1. The zero-order valence-corrected chi connectivity index (χ0v) is 15.3. The number of methoxy groups -OCH3 is 1. The number of carbonyl (C=O) groups is 1. The number of carbonyl (C=O) groups excluding carboxylic acids is 1. The smallest absolute Gasteiger partial charge is 0.245 e. The molecule has 2 aromatic carbocycles. The maximum atomic E-state index is 13.4. The molecular weight excluding hydrogens is 370 g/mol. The van der Waals surface area contributed by atoms with Crippen molar-refractivity contribution in [3.05, 3.63) is 71.1 Å². The number of para-hydroxylation sites is 1. The van der Waals surface area contributed by atoms with Crippen LogP contribution < -0.4 is 20.5 Å². The minimum atomic E-state index is -1.45. The lowest BCUT2D eigenvalue weighted by Crippen LogP contribution is -2.42. The molecule has 0 bridgehead atoms. The molecule has 2 aliphatic heterocycles. The van der Waals surface area contributed by atoms with Gasteiger partial charge in [-0.05, 0) is 30.3 Å². The number of amides is 1. The van der Waals surface area contributed by atoms with Gasteiger partial charge in [-0.2, -0.15) is 5.26 Å². The number of fused-ring (bicyclic) bond motifs is 4. The molecule has 1 aromatic heterocycles. The van der Waals surface area contributed by atoms with Gasteiger partial charge in [0.15, 0.2) is 0 Å². The highest BCUT2D eigenvalue weighted by molar-refractivity contribution is 6.13. The van der Waals surface area contributed by atoms with Gasteiger partial charge in [-0.15, -0.1) is 5.10 Å². The van der Waals surface area contributed by atoms with Crippen molar-refractivity contribution in [2.75, 3.05) is 12.4 Å². The Kier molecular flexibility index (Phi) is 3.42. The van der Waals surface area contributed by atoms with Crippen molar-refractivity contribution in [3.8, 4) is 29.0 Å². The number of hydrogen-bond donors (Lipinski definition) is 3. The molecule has 0 fully saturated rings. The number of nitrogens with one attached hydrogen (secondary N) is 2. The van der Waals surface area contributed by atoms with Gasteiger partial charge in [-0.1, -0.05) is 18.2 Å². The Morgan fingerprint density at radius 1 is 1.21 bits per heavy atom. The minimum Gasteiger partial charge on any atom is -0.497 e. The zero-order valence-electron chi connectivity index (χ0n) is 15.3. The number of rotatable bonds is 2. The summed E-state index contributed by atoms with van der Waals surface area (Å²) in [7, 11) is 1.59. The third-order valence-corrected chi connectivity index (χ3v) is 5.35. The Morgan fingerprint density at radius 3 is 2.69 bits per heavy atom. The maximum Gasteiger partial charge on any atom is 0.245 e. The molecule has 8 heteroatoms. The van der Waals surface area contributed by atoms with Crippen LogP contribution in [0.15, 0.2) is 60.0 Å². The van der Waals surface area contributed by atoms with Crippen LogP contribution in [0.5, 0.6) is 11.6 Å². The van der Waals surface area contributed by atoms with E-state index < -0.39 is 5.41 Å². The molecule has 142 valence electrons. The zero-order chi connectivity index (χ0) is 20.2. The summed E-state index contributed by atoms with van der Waals surface area (Å²) in [4.78, 5) is 13.4. The van der Waals surface area contributed by atoms with Crippen LogP contribution in [0.25, 0.3) is 11.3 Å². The van der Waals surface area contributed by atoms with Gasteiger partial charge in [0.2, 0.25) is 17.7 Å². The lowest BCUT2D eigenvalue weighted by molar-refractivity contribution is -0.118. The summed E-state index contributed by atoms with van der Waals surface area (Å²) >= 11 is 0. The van der Waals surface area contributed by atoms with Gasteiger partial charge in [0, 0.05) is 16.8 Å². The molecule has 8 nitrogen and oxygen atoms in total. The molecule has 0 aliphatic carbocycles. The Hall–Kier alpha value is -4.25. The Morgan fingerprint density at radius 2 is 1.97 bits per heavy atom. The molecular formula is C21H15N5O3. The van der Waals surface area contributed by atoms with E-state index in [4.69, 9.17) is 15.2 Å². The molecule has 3 heterocycles. The highest BCUT2D eigenvalue weighted by Crippen LogP contribution is 2.55. The van der Waals surface area contributed by atoms with Crippen LogP contribution in [0.4, 0.5) is 5.69 Å². The van der Waals surface area contributed by atoms with E-state index >= 15 is 0 Å². The average molecular weight is 385 g/mol. The van der Waals surface area contributed by atoms with Crippen LogP contribution in [0.3, 0.4) is 0 Å². The van der Waals surface area contributed by atoms with E-state index in [-0.39, 0.29) is 23.2 Å². The molecule has 0 saturated heterocycles. The summed E-state index contributed by atoms with van der Waals surface area (Å²) in [6, 6.07) is 16.6. The van der Waals surface area contributed by atoms with Crippen molar-refractivity contribution in [1.29, 1.82) is 5.26 Å². The summed E-state index contributed by atoms with van der Waals surface area (Å²) in [5.74, 6) is 0.344. The van der Waals surface area contributed by atoms with Crippen LogP contribution in [-0.4, -0.2) is 23.2 Å². The number of nitrogens with zero attached hydrogens (tertiary/aromatic N) is 2. The van der Waals surface area contributed by atoms with Crippen molar-refractivity contribution in [2.24, 2.45) is 5.73 Å². The third-order valence-electron chi connectivity index (χ3n) is 5.35. The monoisotopic (exact) mass is 385 g/mol. The highest BCUT2D eigenvalue weighted by atomic mass is 16.5. The highest BCUT2D eigenvalue weighted by Gasteiger charge is 2.58. The molecule has 2 aliphatic rings. The van der Waals surface area contributed by atoms with Crippen molar-refractivity contribution in [2.45, 2.75) is 5.41 Å². The molecule has 29 heavy (non-hydrogen) atoms. The topological polar surface area (TPSA) is 126 Å². The number of hydrogen-bond acceptors (Lipinski definition) is 6. The van der Waals surface area contributed by atoms with E-state index in [1.54, 1.807) is 31.4 Å². The van der Waals surface area contributed by atoms with Crippen LogP contribution in [-0.2, 0) is 10.2 Å². The SMILES string of the molecule is COc1ccc(-c2[nH]nc3c2[C@@]2(C(=O)Nc4ccccc42)C(C#N)=C(N)O3)cc1. The summed E-state index contributed by atoms with van der Waals surface area (Å²) in [6.07, 6.45) is 0. The molecule has 5 rings (SSSR count). The van der Waals surface area contributed by atoms with Crippen molar-refractivity contribution in [3.63, 3.8) is 0 Å². The van der Waals surface area contributed by atoms with Gasteiger partial charge in [0.25, 0.3) is 0 Å². The Balaban J connectivity index is 1.85. The molecule has 1 atom stereocenters. The molecule has 0 radical (unpaired) electrons. The van der Waals surface area contributed by atoms with Crippen LogP contribution in [0.1, 0.15) is 11.1 Å². The first kappa shape index (κ1) is 16.9. The second kappa shape index (κ2) is 5.87. The van der Waals surface area contributed by atoms with E-state index in [0.717, 1.165) is 5.56 Å². The first-order valence-electron chi connectivity index (χ1n) is 8.83. The van der Waals surface area contributed by atoms with Gasteiger partial charge in [-0.3, -0.25) is 9.89 Å². The van der Waals surface area contributed by atoms with E-state index in [0.29, 0.717) is 28.3 Å². The normalized spacial score (nSPS) is 19.2. The first-order chi connectivity index (χ1) is 14.1. The summed E-state index contributed by atoms with van der Waals surface area (Å²) in [5.41, 5.74) is 7.66. The van der Waals surface area contributed by atoms with Crippen LogP contribution in [0, 0.1) is 11.3 Å². The number of aromatic amines is 1. The second-order valence-corrected chi connectivity index (χ2v) is 6.71. The van der Waals surface area contributed by atoms with E-state index in [2.05, 4.69) is 21.6 Å². The lowest BCUT2D eigenvalue weighted by atomic mass is 9.68. The van der Waals surface area contributed by atoms with Gasteiger partial charge in [0.05, 0.1) is 18.4 Å². The van der Waals surface area contributed by atoms with E-state index in [1.807, 2.05) is 24.3 Å². The predicted molar refractivity (Wildman–Crippen MR) is 104 cm³/mol. The van der Waals surface area contributed by atoms with Gasteiger partial charge >= 0.3 is 0 Å². The minimum absolute atomic E-state index is 0.0311. The molecule has 0 saturated carbocycles. The Bertz CT molecular complexity index is 1240. The fourth-order valence-electron chi connectivity index (χ4n) is 4.07. The van der Waals surface area contributed by atoms with Crippen molar-refractivity contribution in [1.82, 2.24) is 10.2 Å². The lowest BCUT2D eigenvalue weighted by Gasteiger charge is -2.31. The number of nitrogens with two attached hydrogens (primary N) is 1. The van der Waals surface area contributed by atoms with E-state index in [9.17, 15) is 10.1 Å². The largest absolute Gasteiger partial charge is 0.497 e. The number of H-pyrrole nitrogens is 1. The standard InChI is InChI=1S/C21H15N5O3/c1-28-12-8-6-11(7-9-12)17-16-19(26-25-17)29-18(23)14(10-22)21(16)13-4-2-3-5-15(13)24-20(21)27/h2-9H,23H2,1H3,(H,24,27)(H,25,26)/t21-/m0/s1. The Labute approximate surface area is 165 Å². The fraction of sp³-hybridized carbons (Fsp3) is 0.0952. The predicted octanol–water partition coefficient (Wildman–Crippen LogP) is 2.41. The summed E-state index contributed by atoms with van der Waals surface area (Å²) < 4.78 is 10.8. The molecule has 3 aromatic rings. The number of aromatic nitrogens is 2. The van der Waals surface area contributed by atoms with Gasteiger partial charge in [0.1, 0.15) is 22.8 Å². The van der Waals surface area contributed by atoms with Crippen LogP contribution >= 0.6 is 0 Å².